The van der Waals surface area contributed by atoms with Gasteiger partial charge >= 0.3 is 0 Å². The van der Waals surface area contributed by atoms with Crippen LogP contribution in [-0.4, -0.2) is 39.1 Å². The molecule has 0 aliphatic rings. The van der Waals surface area contributed by atoms with E-state index < -0.39 is 0 Å². The lowest BCUT2D eigenvalue weighted by molar-refractivity contribution is 0.641. The maximum Gasteiger partial charge on any atom is 0.137 e. The van der Waals surface area contributed by atoms with E-state index in [2.05, 4.69) is 44.6 Å². The van der Waals surface area contributed by atoms with Crippen molar-refractivity contribution < 1.29 is 0 Å². The number of fused-ring (bicyclic) bond motifs is 1. The highest BCUT2D eigenvalue weighted by Gasteiger charge is 2.09. The maximum atomic E-state index is 4.63. The van der Waals surface area contributed by atoms with Crippen LogP contribution in [0.2, 0.25) is 0 Å². The predicted octanol–water partition coefficient (Wildman–Crippen LogP) is 2.53. The first-order valence-corrected chi connectivity index (χ1v) is 8.54. The Hall–Kier alpha value is -3.81. The van der Waals surface area contributed by atoms with Crippen LogP contribution in [0.1, 0.15) is 11.3 Å². The molecule has 8 heteroatoms. The van der Waals surface area contributed by atoms with Crippen molar-refractivity contribution in [2.75, 3.05) is 0 Å². The summed E-state index contributed by atoms with van der Waals surface area (Å²) in [5.41, 5.74) is 5.57. The minimum Gasteiger partial charge on any atom is -0.306 e. The molecule has 5 aromatic rings. The third kappa shape index (κ3) is 2.97. The topological polar surface area (TPSA) is 78.7 Å². The molecule has 0 saturated carbocycles. The molecule has 0 aromatic carbocycles. The van der Waals surface area contributed by atoms with Crippen molar-refractivity contribution in [1.29, 1.82) is 0 Å². The van der Waals surface area contributed by atoms with Crippen LogP contribution in [-0.2, 0) is 6.54 Å². The molecule has 8 nitrogen and oxygen atoms in total. The van der Waals surface area contributed by atoms with Crippen molar-refractivity contribution in [2.45, 2.75) is 13.5 Å². The maximum absolute atomic E-state index is 4.63. The average Bonchev–Trinajstić information content (AvgIpc) is 3.42. The molecule has 0 unspecified atom stereocenters. The Balaban J connectivity index is 1.41. The zero-order valence-corrected chi connectivity index (χ0v) is 14.6. The molecule has 132 valence electrons. The number of hydrogen-bond donors (Lipinski definition) is 0. The molecule has 0 aliphatic carbocycles. The largest absolute Gasteiger partial charge is 0.306 e. The summed E-state index contributed by atoms with van der Waals surface area (Å²) >= 11 is 0. The number of hydrogen-bond acceptors (Lipinski definition) is 5. The molecular weight excluding hydrogens is 340 g/mol. The van der Waals surface area contributed by atoms with Crippen LogP contribution >= 0.6 is 0 Å². The first-order valence-electron chi connectivity index (χ1n) is 8.54. The second-order valence-corrected chi connectivity index (χ2v) is 6.39. The number of imidazole rings is 1. The van der Waals surface area contributed by atoms with Crippen LogP contribution in [0, 0.1) is 6.92 Å². The molecule has 5 rings (SSSR count). The van der Waals surface area contributed by atoms with Crippen molar-refractivity contribution in [3.8, 4) is 16.9 Å². The van der Waals surface area contributed by atoms with Gasteiger partial charge in [-0.25, -0.2) is 14.3 Å². The monoisotopic (exact) mass is 356 g/mol. The van der Waals surface area contributed by atoms with Gasteiger partial charge < -0.3 is 4.40 Å². The number of rotatable bonds is 4. The Morgan fingerprint density at radius 3 is 2.93 bits per heavy atom. The summed E-state index contributed by atoms with van der Waals surface area (Å²) in [4.78, 5) is 8.92. The van der Waals surface area contributed by atoms with Crippen LogP contribution in [0.3, 0.4) is 0 Å². The summed E-state index contributed by atoms with van der Waals surface area (Å²) in [5.74, 6) is 0. The SMILES string of the molecule is Cc1ccc2nc(Cn3cc(-c4cncc(-n5cccn5)c4)nn3)cn2c1. The molecule has 0 bridgehead atoms. The first kappa shape index (κ1) is 15.4. The van der Waals surface area contributed by atoms with E-state index in [-0.39, 0.29) is 0 Å². The Morgan fingerprint density at radius 1 is 1.07 bits per heavy atom. The Morgan fingerprint density at radius 2 is 2.04 bits per heavy atom. The van der Waals surface area contributed by atoms with Crippen molar-refractivity contribution in [2.24, 2.45) is 0 Å². The molecule has 5 aromatic heterocycles. The van der Waals surface area contributed by atoms with Crippen molar-refractivity contribution in [3.05, 3.63) is 78.9 Å². The molecule has 0 saturated heterocycles. The fourth-order valence-electron chi connectivity index (χ4n) is 3.02. The molecule has 0 radical (unpaired) electrons. The summed E-state index contributed by atoms with van der Waals surface area (Å²) in [6.45, 7) is 2.62. The molecule has 0 fully saturated rings. The number of nitrogens with zero attached hydrogens (tertiary/aromatic N) is 8. The van der Waals surface area contributed by atoms with E-state index in [0.29, 0.717) is 6.54 Å². The van der Waals surface area contributed by atoms with Gasteiger partial charge in [0.1, 0.15) is 11.3 Å². The van der Waals surface area contributed by atoms with Gasteiger partial charge in [-0.15, -0.1) is 5.10 Å². The van der Waals surface area contributed by atoms with Crippen LogP contribution in [0.4, 0.5) is 0 Å². The van der Waals surface area contributed by atoms with Crippen LogP contribution in [0.5, 0.6) is 0 Å². The van der Waals surface area contributed by atoms with Gasteiger partial charge in [0, 0.05) is 36.5 Å². The van der Waals surface area contributed by atoms with Gasteiger partial charge in [0.2, 0.25) is 0 Å². The third-order valence-electron chi connectivity index (χ3n) is 4.30. The highest BCUT2D eigenvalue weighted by Crippen LogP contribution is 2.18. The van der Waals surface area contributed by atoms with E-state index in [9.17, 15) is 0 Å². The zero-order chi connectivity index (χ0) is 18.2. The van der Waals surface area contributed by atoms with Crippen molar-refractivity contribution >= 4 is 5.65 Å². The molecule has 0 spiro atoms. The van der Waals surface area contributed by atoms with E-state index in [0.717, 1.165) is 28.3 Å². The van der Waals surface area contributed by atoms with Gasteiger partial charge in [0.15, 0.2) is 0 Å². The average molecular weight is 356 g/mol. The Bertz CT molecular complexity index is 1220. The fourth-order valence-corrected chi connectivity index (χ4v) is 3.02. The van der Waals surface area contributed by atoms with Gasteiger partial charge in [-0.2, -0.15) is 5.10 Å². The van der Waals surface area contributed by atoms with Crippen LogP contribution < -0.4 is 0 Å². The molecule has 0 amide bonds. The van der Waals surface area contributed by atoms with E-state index >= 15 is 0 Å². The van der Waals surface area contributed by atoms with Crippen molar-refractivity contribution in [1.82, 2.24) is 39.1 Å². The smallest absolute Gasteiger partial charge is 0.137 e. The lowest BCUT2D eigenvalue weighted by Crippen LogP contribution is -2.00. The lowest BCUT2D eigenvalue weighted by Gasteiger charge is -2.02. The second kappa shape index (κ2) is 6.17. The van der Waals surface area contributed by atoms with E-state index in [1.165, 1.54) is 5.56 Å². The normalized spacial score (nSPS) is 11.3. The van der Waals surface area contributed by atoms with Crippen molar-refractivity contribution in [3.63, 3.8) is 0 Å². The van der Waals surface area contributed by atoms with Crippen LogP contribution in [0.15, 0.2) is 67.6 Å². The highest BCUT2D eigenvalue weighted by atomic mass is 15.4. The molecule has 0 atom stereocenters. The lowest BCUT2D eigenvalue weighted by atomic mass is 10.2. The summed E-state index contributed by atoms with van der Waals surface area (Å²) in [6, 6.07) is 7.93. The van der Waals surface area contributed by atoms with Gasteiger partial charge in [-0.1, -0.05) is 11.3 Å². The number of pyridine rings is 2. The zero-order valence-electron chi connectivity index (χ0n) is 14.6. The number of aromatic nitrogens is 8. The van der Waals surface area contributed by atoms with Gasteiger partial charge in [0.25, 0.3) is 0 Å². The second-order valence-electron chi connectivity index (χ2n) is 6.39. The molecule has 0 aliphatic heterocycles. The molecule has 5 heterocycles. The minimum absolute atomic E-state index is 0.556. The summed E-state index contributed by atoms with van der Waals surface area (Å²) < 4.78 is 5.57. The van der Waals surface area contributed by atoms with E-state index in [1.54, 1.807) is 28.0 Å². The van der Waals surface area contributed by atoms with Crippen LogP contribution in [0.25, 0.3) is 22.6 Å². The predicted molar refractivity (Wildman–Crippen MR) is 99.4 cm³/mol. The van der Waals surface area contributed by atoms with Gasteiger partial charge in [0.05, 0.1) is 30.3 Å². The molecule has 27 heavy (non-hydrogen) atoms. The Kier molecular flexibility index (Phi) is 3.53. The number of aryl methyl sites for hydroxylation is 1. The Labute approximate surface area is 154 Å². The summed E-state index contributed by atoms with van der Waals surface area (Å²) in [6.07, 6.45) is 13.1. The molecular formula is C19H16N8. The molecule has 0 N–H and O–H groups in total. The highest BCUT2D eigenvalue weighted by molar-refractivity contribution is 5.59. The summed E-state index contributed by atoms with van der Waals surface area (Å²) in [7, 11) is 0. The first-order chi connectivity index (χ1) is 13.2. The third-order valence-corrected chi connectivity index (χ3v) is 4.30. The fraction of sp³-hybridized carbons (Fsp3) is 0.105. The van der Waals surface area contributed by atoms with E-state index in [1.807, 2.05) is 41.2 Å². The van der Waals surface area contributed by atoms with Gasteiger partial charge in [-0.05, 0) is 30.7 Å². The quantitative estimate of drug-likeness (QED) is 0.494. The van der Waals surface area contributed by atoms with Gasteiger partial charge in [-0.3, -0.25) is 4.98 Å². The standard InChI is InChI=1S/C19H16N8/c1-14-3-4-19-22-16(11-25(19)10-14)12-26-13-18(23-24-26)15-7-17(9-20-8-15)27-6-2-5-21-27/h2-11,13H,12H2,1H3. The minimum atomic E-state index is 0.556. The van der Waals surface area contributed by atoms with E-state index in [4.69, 9.17) is 0 Å². The summed E-state index contributed by atoms with van der Waals surface area (Å²) in [5, 5.41) is 12.8.